The molecule has 20 heavy (non-hydrogen) atoms. The van der Waals surface area contributed by atoms with E-state index >= 15 is 0 Å². The molecule has 0 amide bonds. The molecule has 0 fully saturated rings. The van der Waals surface area contributed by atoms with E-state index in [1.807, 2.05) is 0 Å². The van der Waals surface area contributed by atoms with E-state index in [2.05, 4.69) is 4.74 Å². The first kappa shape index (κ1) is 19.3. The van der Waals surface area contributed by atoms with Gasteiger partial charge < -0.3 is 4.74 Å². The highest BCUT2D eigenvalue weighted by molar-refractivity contribution is 7.99. The van der Waals surface area contributed by atoms with Crippen LogP contribution in [0.2, 0.25) is 0 Å². The van der Waals surface area contributed by atoms with Crippen LogP contribution in [0.25, 0.3) is 0 Å². The predicted octanol–water partition coefficient (Wildman–Crippen LogP) is 3.90. The van der Waals surface area contributed by atoms with E-state index in [0.29, 0.717) is 0 Å². The predicted molar refractivity (Wildman–Crippen MR) is 59.1 cm³/mol. The van der Waals surface area contributed by atoms with Crippen molar-refractivity contribution in [1.29, 1.82) is 0 Å². The summed E-state index contributed by atoms with van der Waals surface area (Å²) in [5, 5.41) is 0. The van der Waals surface area contributed by atoms with Crippen LogP contribution < -0.4 is 0 Å². The molecule has 0 rings (SSSR count). The molecular formula is C10H13F7O2S. The topological polar surface area (TPSA) is 26.3 Å². The quantitative estimate of drug-likeness (QED) is 0.384. The van der Waals surface area contributed by atoms with Crippen LogP contribution in [0.1, 0.15) is 19.8 Å². The number of hydrogen-bond acceptors (Lipinski definition) is 3. The third-order valence-electron chi connectivity index (χ3n) is 2.12. The molecule has 0 aromatic carbocycles. The minimum absolute atomic E-state index is 0.134. The van der Waals surface area contributed by atoms with Crippen LogP contribution in [0, 0.1) is 0 Å². The Balaban J connectivity index is 4.15. The summed E-state index contributed by atoms with van der Waals surface area (Å²) in [5.74, 6) is -12.2. The van der Waals surface area contributed by atoms with Crippen molar-refractivity contribution in [2.24, 2.45) is 0 Å². The van der Waals surface area contributed by atoms with E-state index in [1.54, 1.807) is 6.92 Å². The average Bonchev–Trinajstić information content (AvgIpc) is 2.27. The van der Waals surface area contributed by atoms with Gasteiger partial charge in [0.2, 0.25) is 0 Å². The van der Waals surface area contributed by atoms with Gasteiger partial charge in [-0.15, -0.1) is 0 Å². The van der Waals surface area contributed by atoms with Crippen molar-refractivity contribution in [3.63, 3.8) is 0 Å². The van der Waals surface area contributed by atoms with E-state index in [-0.39, 0.29) is 18.1 Å². The summed E-state index contributed by atoms with van der Waals surface area (Å²) in [6.45, 7) is 1.69. The minimum Gasteiger partial charge on any atom is -0.465 e. The Labute approximate surface area is 115 Å². The Morgan fingerprint density at radius 2 is 1.65 bits per heavy atom. The average molecular weight is 330 g/mol. The third kappa shape index (κ3) is 5.37. The molecule has 120 valence electrons. The second-order valence-electron chi connectivity index (χ2n) is 3.74. The van der Waals surface area contributed by atoms with Crippen molar-refractivity contribution in [1.82, 2.24) is 0 Å². The lowest BCUT2D eigenvalue weighted by molar-refractivity contribution is -0.355. The normalized spacial score (nSPS) is 13.4. The Kier molecular flexibility index (Phi) is 7.12. The van der Waals surface area contributed by atoms with Gasteiger partial charge >= 0.3 is 24.0 Å². The molecule has 0 aliphatic heterocycles. The summed E-state index contributed by atoms with van der Waals surface area (Å²) >= 11 is 0.826. The van der Waals surface area contributed by atoms with E-state index in [1.165, 1.54) is 0 Å². The van der Waals surface area contributed by atoms with Crippen molar-refractivity contribution in [2.75, 3.05) is 18.1 Å². The first-order valence-corrected chi connectivity index (χ1v) is 6.67. The number of rotatable bonds is 8. The fourth-order valence-electron chi connectivity index (χ4n) is 1.12. The zero-order valence-electron chi connectivity index (χ0n) is 10.4. The number of thioether (sulfide) groups is 1. The molecule has 2 nitrogen and oxygen atoms in total. The second-order valence-corrected chi connectivity index (χ2v) is 4.84. The van der Waals surface area contributed by atoms with Crippen LogP contribution in [-0.4, -0.2) is 42.1 Å². The lowest BCUT2D eigenvalue weighted by Crippen LogP contribution is -2.51. The lowest BCUT2D eigenvalue weighted by atomic mass is 10.1. The zero-order valence-corrected chi connectivity index (χ0v) is 11.2. The Bertz CT molecular complexity index is 317. The van der Waals surface area contributed by atoms with Crippen LogP contribution in [-0.2, 0) is 9.53 Å². The van der Waals surface area contributed by atoms with Gasteiger partial charge in [0.15, 0.2) is 0 Å². The molecule has 0 saturated carbocycles. The van der Waals surface area contributed by atoms with Crippen LogP contribution in [0.15, 0.2) is 0 Å². The molecule has 0 aliphatic rings. The minimum atomic E-state index is -6.30. The Hall–Kier alpha value is -0.670. The van der Waals surface area contributed by atoms with E-state index in [4.69, 9.17) is 0 Å². The molecule has 0 aliphatic carbocycles. The van der Waals surface area contributed by atoms with Gasteiger partial charge in [0, 0.05) is 6.42 Å². The molecule has 0 radical (unpaired) electrons. The van der Waals surface area contributed by atoms with E-state index in [9.17, 15) is 35.5 Å². The van der Waals surface area contributed by atoms with Gasteiger partial charge in [-0.1, -0.05) is 0 Å². The van der Waals surface area contributed by atoms with Gasteiger partial charge in [-0.05, 0) is 19.1 Å². The molecule has 0 spiro atoms. The molecule has 0 unspecified atom stereocenters. The van der Waals surface area contributed by atoms with E-state index in [0.717, 1.165) is 11.8 Å². The van der Waals surface area contributed by atoms with Gasteiger partial charge in [-0.25, -0.2) is 0 Å². The SMILES string of the molecule is CCOC(=O)CSCCCC(F)(F)C(F)(F)C(F)(F)F. The zero-order chi connectivity index (χ0) is 16.0. The number of hydrogen-bond donors (Lipinski definition) is 0. The molecule has 10 heteroatoms. The highest BCUT2D eigenvalue weighted by Gasteiger charge is 2.72. The molecular weight excluding hydrogens is 317 g/mol. The molecule has 0 aromatic heterocycles. The van der Waals surface area contributed by atoms with Gasteiger partial charge in [-0.3, -0.25) is 4.79 Å². The van der Waals surface area contributed by atoms with Crippen molar-refractivity contribution in [3.8, 4) is 0 Å². The Morgan fingerprint density at radius 1 is 1.10 bits per heavy atom. The van der Waals surface area contributed by atoms with Crippen LogP contribution in [0.3, 0.4) is 0 Å². The Morgan fingerprint density at radius 3 is 2.10 bits per heavy atom. The van der Waals surface area contributed by atoms with Gasteiger partial charge in [0.25, 0.3) is 0 Å². The van der Waals surface area contributed by atoms with Gasteiger partial charge in [-0.2, -0.15) is 42.5 Å². The van der Waals surface area contributed by atoms with Gasteiger partial charge in [0.1, 0.15) is 0 Å². The number of alkyl halides is 7. The molecule has 0 bridgehead atoms. The summed E-state index contributed by atoms with van der Waals surface area (Å²) in [6, 6.07) is 0. The standard InChI is InChI=1S/C10H13F7O2S/c1-2-19-7(18)6-20-5-3-4-8(11,12)9(13,14)10(15,16)17/h2-6H2,1H3. The van der Waals surface area contributed by atoms with Crippen LogP contribution in [0.4, 0.5) is 30.7 Å². The number of halogens is 7. The number of carbonyl (C=O) groups excluding carboxylic acids is 1. The smallest absolute Gasteiger partial charge is 0.459 e. The van der Waals surface area contributed by atoms with E-state index < -0.39 is 36.8 Å². The van der Waals surface area contributed by atoms with Crippen molar-refractivity contribution >= 4 is 17.7 Å². The molecule has 0 atom stereocenters. The molecule has 0 saturated heterocycles. The van der Waals surface area contributed by atoms with Crippen molar-refractivity contribution in [2.45, 2.75) is 37.8 Å². The summed E-state index contributed by atoms with van der Waals surface area (Å²) in [4.78, 5) is 10.8. The second kappa shape index (κ2) is 7.37. The first-order valence-electron chi connectivity index (χ1n) is 5.51. The van der Waals surface area contributed by atoms with Crippen LogP contribution in [0.5, 0.6) is 0 Å². The maximum atomic E-state index is 12.8. The third-order valence-corrected chi connectivity index (χ3v) is 3.14. The number of ether oxygens (including phenoxy) is 1. The van der Waals surface area contributed by atoms with Gasteiger partial charge in [0.05, 0.1) is 12.4 Å². The fraction of sp³-hybridized carbons (Fsp3) is 0.900. The largest absolute Gasteiger partial charge is 0.465 e. The highest BCUT2D eigenvalue weighted by Crippen LogP contribution is 2.48. The summed E-state index contributed by atoms with van der Waals surface area (Å²) in [6.07, 6.45) is -8.49. The highest BCUT2D eigenvalue weighted by atomic mass is 32.2. The first-order chi connectivity index (χ1) is 8.95. The summed E-state index contributed by atoms with van der Waals surface area (Å²) in [7, 11) is 0. The van der Waals surface area contributed by atoms with Crippen molar-refractivity contribution in [3.05, 3.63) is 0 Å². The molecule has 0 aromatic rings. The number of esters is 1. The van der Waals surface area contributed by atoms with Crippen LogP contribution >= 0.6 is 11.8 Å². The monoisotopic (exact) mass is 330 g/mol. The maximum Gasteiger partial charge on any atom is 0.459 e. The van der Waals surface area contributed by atoms with Crippen molar-refractivity contribution < 1.29 is 40.3 Å². The molecule has 0 N–H and O–H groups in total. The summed E-state index contributed by atoms with van der Waals surface area (Å²) < 4.78 is 90.6. The number of carbonyl (C=O) groups is 1. The lowest BCUT2D eigenvalue weighted by Gasteiger charge is -2.28. The molecule has 0 heterocycles. The maximum absolute atomic E-state index is 12.8. The summed E-state index contributed by atoms with van der Waals surface area (Å²) in [5.41, 5.74) is 0. The fourth-order valence-corrected chi connectivity index (χ4v) is 1.86.